The number of hydrogen-bond acceptors (Lipinski definition) is 6. The maximum Gasteiger partial charge on any atom is 0.289 e. The first-order chi connectivity index (χ1) is 12.8. The Balaban J connectivity index is 1.78. The Bertz CT molecular complexity index is 762. The van der Waals surface area contributed by atoms with Crippen LogP contribution in [0.2, 0.25) is 0 Å². The van der Waals surface area contributed by atoms with E-state index in [4.69, 9.17) is 0 Å². The van der Waals surface area contributed by atoms with Gasteiger partial charge in [0.05, 0.1) is 4.92 Å². The van der Waals surface area contributed by atoms with E-state index in [0.29, 0.717) is 12.3 Å². The van der Waals surface area contributed by atoms with Crippen LogP contribution in [0.4, 0.5) is 5.69 Å². The van der Waals surface area contributed by atoms with Gasteiger partial charge in [-0.25, -0.2) is 13.1 Å². The zero-order valence-electron chi connectivity index (χ0n) is 15.3. The average Bonchev–Trinajstić information content (AvgIpc) is 2.66. The third kappa shape index (κ3) is 6.26. The van der Waals surface area contributed by atoms with Gasteiger partial charge in [-0.05, 0) is 43.8 Å². The third-order valence-corrected chi connectivity index (χ3v) is 6.25. The minimum absolute atomic E-state index is 0.0422. The number of carbonyl (C=O) groups is 1. The van der Waals surface area contributed by atoms with Gasteiger partial charge in [-0.3, -0.25) is 14.9 Å². The van der Waals surface area contributed by atoms with E-state index in [9.17, 15) is 23.3 Å². The first-order valence-electron chi connectivity index (χ1n) is 9.02. The number of hydrogen-bond donors (Lipinski definition) is 3. The second-order valence-corrected chi connectivity index (χ2v) is 8.50. The summed E-state index contributed by atoms with van der Waals surface area (Å²) < 4.78 is 26.8. The van der Waals surface area contributed by atoms with Crippen LogP contribution in [-0.4, -0.2) is 45.4 Å². The van der Waals surface area contributed by atoms with Crippen molar-refractivity contribution in [3.8, 4) is 0 Å². The smallest absolute Gasteiger partial charge is 0.289 e. The second-order valence-electron chi connectivity index (χ2n) is 6.76. The van der Waals surface area contributed by atoms with Crippen molar-refractivity contribution in [3.63, 3.8) is 0 Å². The summed E-state index contributed by atoms with van der Waals surface area (Å²) in [6, 6.07) is 5.14. The van der Waals surface area contributed by atoms with Crippen LogP contribution < -0.4 is 15.4 Å². The fourth-order valence-electron chi connectivity index (χ4n) is 3.20. The molecule has 1 aromatic carbocycles. The van der Waals surface area contributed by atoms with Crippen LogP contribution in [0, 0.1) is 22.0 Å². The highest BCUT2D eigenvalue weighted by atomic mass is 32.2. The molecule has 1 aliphatic rings. The fraction of sp³-hybridized carbons (Fsp3) is 0.588. The van der Waals surface area contributed by atoms with Crippen molar-refractivity contribution < 1.29 is 18.1 Å². The van der Waals surface area contributed by atoms with Gasteiger partial charge in [0.25, 0.3) is 5.69 Å². The zero-order valence-corrected chi connectivity index (χ0v) is 16.1. The van der Waals surface area contributed by atoms with E-state index < -0.39 is 20.6 Å². The van der Waals surface area contributed by atoms with E-state index in [-0.39, 0.29) is 29.8 Å². The number of benzene rings is 1. The number of nitro groups is 1. The van der Waals surface area contributed by atoms with Crippen LogP contribution in [0.15, 0.2) is 29.2 Å². The summed E-state index contributed by atoms with van der Waals surface area (Å²) >= 11 is 0. The third-order valence-electron chi connectivity index (χ3n) is 4.74. The second kappa shape index (κ2) is 9.77. The average molecular weight is 398 g/mol. The number of para-hydroxylation sites is 1. The van der Waals surface area contributed by atoms with Gasteiger partial charge < -0.3 is 10.6 Å². The van der Waals surface area contributed by atoms with Crippen LogP contribution in [0.5, 0.6) is 0 Å². The van der Waals surface area contributed by atoms with E-state index in [1.807, 2.05) is 0 Å². The fourth-order valence-corrected chi connectivity index (χ4v) is 4.40. The predicted molar refractivity (Wildman–Crippen MR) is 101 cm³/mol. The Labute approximate surface area is 159 Å². The summed E-state index contributed by atoms with van der Waals surface area (Å²) in [5.41, 5.74) is -0.482. The molecule has 0 aliphatic carbocycles. The molecule has 3 N–H and O–H groups in total. The summed E-state index contributed by atoms with van der Waals surface area (Å²) in [6.07, 6.45) is 2.62. The van der Waals surface area contributed by atoms with Crippen LogP contribution >= 0.6 is 0 Å². The molecule has 2 rings (SSSR count). The molecule has 0 spiro atoms. The zero-order chi connectivity index (χ0) is 19.9. The van der Waals surface area contributed by atoms with Gasteiger partial charge in [-0.2, -0.15) is 0 Å². The number of nitrogens with one attached hydrogen (secondary N) is 3. The molecule has 0 saturated carbocycles. The number of amides is 1. The number of piperidine rings is 1. The molecule has 9 nitrogen and oxygen atoms in total. The summed E-state index contributed by atoms with van der Waals surface area (Å²) in [5.74, 6) is 0.598. The van der Waals surface area contributed by atoms with Gasteiger partial charge in [0, 0.05) is 25.6 Å². The topological polar surface area (TPSA) is 130 Å². The van der Waals surface area contributed by atoms with E-state index in [0.717, 1.165) is 32.0 Å². The summed E-state index contributed by atoms with van der Waals surface area (Å²) in [7, 11) is -4.03. The molecule has 1 aromatic rings. The molecule has 1 amide bonds. The molecule has 1 aliphatic heterocycles. The molecule has 2 atom stereocenters. The van der Waals surface area contributed by atoms with Gasteiger partial charge in [-0.15, -0.1) is 0 Å². The van der Waals surface area contributed by atoms with Crippen molar-refractivity contribution >= 4 is 21.6 Å². The lowest BCUT2D eigenvalue weighted by molar-refractivity contribution is -0.387. The van der Waals surface area contributed by atoms with Crippen LogP contribution in [0.3, 0.4) is 0 Å². The maximum atomic E-state index is 12.3. The van der Waals surface area contributed by atoms with E-state index >= 15 is 0 Å². The molecule has 1 fully saturated rings. The molecule has 0 radical (unpaired) electrons. The Morgan fingerprint density at radius 3 is 2.78 bits per heavy atom. The van der Waals surface area contributed by atoms with Crippen LogP contribution in [0.1, 0.15) is 26.2 Å². The summed E-state index contributed by atoms with van der Waals surface area (Å²) in [4.78, 5) is 21.9. The van der Waals surface area contributed by atoms with E-state index in [1.165, 1.54) is 18.2 Å². The minimum Gasteiger partial charge on any atom is -0.355 e. The Kier molecular flexibility index (Phi) is 7.69. The van der Waals surface area contributed by atoms with Crippen LogP contribution in [0.25, 0.3) is 0 Å². The number of carbonyl (C=O) groups excluding carboxylic acids is 1. The predicted octanol–water partition coefficient (Wildman–Crippen LogP) is 1.02. The molecule has 10 heteroatoms. The number of rotatable bonds is 9. The van der Waals surface area contributed by atoms with Gasteiger partial charge in [-0.1, -0.05) is 19.1 Å². The van der Waals surface area contributed by atoms with Crippen molar-refractivity contribution in [3.05, 3.63) is 34.4 Å². The Hall–Kier alpha value is -2.04. The van der Waals surface area contributed by atoms with E-state index in [2.05, 4.69) is 22.3 Å². The first kappa shape index (κ1) is 21.3. The molecule has 27 heavy (non-hydrogen) atoms. The SMILES string of the molecule is CC(CC(=O)NCCNS(=O)(=O)c1ccccc1[N+](=O)[O-])C1CCCNC1. The van der Waals surface area contributed by atoms with Crippen LogP contribution in [-0.2, 0) is 14.8 Å². The maximum absolute atomic E-state index is 12.3. The summed E-state index contributed by atoms with van der Waals surface area (Å²) in [5, 5.41) is 17.0. The molecule has 0 bridgehead atoms. The first-order valence-corrected chi connectivity index (χ1v) is 10.5. The molecule has 1 heterocycles. The van der Waals surface area contributed by atoms with Gasteiger partial charge in [0.1, 0.15) is 0 Å². The Morgan fingerprint density at radius 1 is 1.37 bits per heavy atom. The molecule has 150 valence electrons. The Morgan fingerprint density at radius 2 is 2.11 bits per heavy atom. The quantitative estimate of drug-likeness (QED) is 0.323. The largest absolute Gasteiger partial charge is 0.355 e. The lowest BCUT2D eigenvalue weighted by Crippen LogP contribution is -2.38. The molecular weight excluding hydrogens is 372 g/mol. The number of nitrogens with zero attached hydrogens (tertiary/aromatic N) is 1. The highest BCUT2D eigenvalue weighted by Crippen LogP contribution is 2.23. The monoisotopic (exact) mass is 398 g/mol. The van der Waals surface area contributed by atoms with Gasteiger partial charge in [0.2, 0.25) is 15.9 Å². The number of nitro benzene ring substituents is 1. The highest BCUT2D eigenvalue weighted by Gasteiger charge is 2.25. The number of sulfonamides is 1. The summed E-state index contributed by atoms with van der Waals surface area (Å²) in [6.45, 7) is 4.07. The minimum atomic E-state index is -4.03. The standard InChI is InChI=1S/C17H26N4O5S/c1-13(14-5-4-8-18-12-14)11-17(22)19-9-10-20-27(25,26)16-7-3-2-6-15(16)21(23)24/h2-3,6-7,13-14,18,20H,4-5,8-12H2,1H3,(H,19,22). The lowest BCUT2D eigenvalue weighted by atomic mass is 9.85. The van der Waals surface area contributed by atoms with Gasteiger partial charge >= 0.3 is 0 Å². The molecular formula is C17H26N4O5S. The van der Waals surface area contributed by atoms with Crippen molar-refractivity contribution in [1.29, 1.82) is 0 Å². The molecule has 0 aromatic heterocycles. The molecule has 1 saturated heterocycles. The highest BCUT2D eigenvalue weighted by molar-refractivity contribution is 7.89. The van der Waals surface area contributed by atoms with Crippen molar-refractivity contribution in [2.45, 2.75) is 31.1 Å². The van der Waals surface area contributed by atoms with Crippen molar-refractivity contribution in [1.82, 2.24) is 15.4 Å². The lowest BCUT2D eigenvalue weighted by Gasteiger charge is -2.28. The normalized spacial score (nSPS) is 18.6. The van der Waals surface area contributed by atoms with E-state index in [1.54, 1.807) is 0 Å². The van der Waals surface area contributed by atoms with Gasteiger partial charge in [0.15, 0.2) is 4.90 Å². The van der Waals surface area contributed by atoms with Crippen molar-refractivity contribution in [2.75, 3.05) is 26.2 Å². The van der Waals surface area contributed by atoms with Crippen molar-refractivity contribution in [2.24, 2.45) is 11.8 Å². The molecule has 2 unspecified atom stereocenters.